The number of primary sulfonamides is 1. The standard InChI is InChI=1S/C13H15ClN2O7S2/c14-10-2-1-8(5-11(10)25(15,21)22)13(18)23-6-12(17)16-9-3-4-24(19,20)7-9/h1-2,5,9H,3-4,6-7H2,(H,16,17)(H2,15,21,22)/t9-/m0/s1. The number of hydrogen-bond acceptors (Lipinski definition) is 7. The molecule has 25 heavy (non-hydrogen) atoms. The third-order valence-electron chi connectivity index (χ3n) is 3.41. The van der Waals surface area contributed by atoms with Gasteiger partial charge < -0.3 is 10.1 Å². The monoisotopic (exact) mass is 410 g/mol. The molecule has 1 heterocycles. The molecule has 0 bridgehead atoms. The van der Waals surface area contributed by atoms with Gasteiger partial charge in [0.1, 0.15) is 4.90 Å². The number of sulfone groups is 1. The molecule has 1 aromatic rings. The molecule has 1 atom stereocenters. The Balaban J connectivity index is 1.95. The summed E-state index contributed by atoms with van der Waals surface area (Å²) in [7, 11) is -7.27. The Bertz CT molecular complexity index is 912. The smallest absolute Gasteiger partial charge is 0.338 e. The van der Waals surface area contributed by atoms with Crippen molar-refractivity contribution < 1.29 is 31.2 Å². The Morgan fingerprint density at radius 2 is 2.04 bits per heavy atom. The molecular formula is C13H15ClN2O7S2. The lowest BCUT2D eigenvalue weighted by Crippen LogP contribution is -2.38. The van der Waals surface area contributed by atoms with E-state index >= 15 is 0 Å². The SMILES string of the molecule is NS(=O)(=O)c1cc(C(=O)OCC(=O)N[C@H]2CCS(=O)(=O)C2)ccc1Cl. The third kappa shape index (κ3) is 5.39. The zero-order valence-electron chi connectivity index (χ0n) is 12.8. The molecule has 0 aromatic heterocycles. The number of esters is 1. The number of nitrogens with two attached hydrogens (primary N) is 1. The largest absolute Gasteiger partial charge is 0.452 e. The Morgan fingerprint density at radius 1 is 1.36 bits per heavy atom. The second-order valence-corrected chi connectivity index (χ2v) is 9.60. The summed E-state index contributed by atoms with van der Waals surface area (Å²) in [6.45, 7) is -0.636. The molecule has 1 amide bonds. The topological polar surface area (TPSA) is 150 Å². The van der Waals surface area contributed by atoms with E-state index in [2.05, 4.69) is 5.32 Å². The van der Waals surface area contributed by atoms with E-state index in [0.717, 1.165) is 6.07 Å². The predicted octanol–water partition coefficient (Wildman–Crippen LogP) is -0.552. The first-order valence-corrected chi connectivity index (χ1v) is 10.7. The number of carbonyl (C=O) groups is 2. The highest BCUT2D eigenvalue weighted by atomic mass is 35.5. The first-order chi connectivity index (χ1) is 11.5. The normalized spacial score (nSPS) is 19.4. The molecule has 1 fully saturated rings. The number of amides is 1. The van der Waals surface area contributed by atoms with E-state index in [-0.39, 0.29) is 22.1 Å². The molecular weight excluding hydrogens is 396 g/mol. The van der Waals surface area contributed by atoms with Crippen molar-refractivity contribution in [3.8, 4) is 0 Å². The Morgan fingerprint density at radius 3 is 2.60 bits per heavy atom. The molecule has 0 radical (unpaired) electrons. The molecule has 1 aromatic carbocycles. The number of nitrogens with one attached hydrogen (secondary N) is 1. The molecule has 9 nitrogen and oxygen atoms in total. The van der Waals surface area contributed by atoms with Gasteiger partial charge >= 0.3 is 5.97 Å². The molecule has 2 rings (SSSR count). The molecule has 0 aliphatic carbocycles. The van der Waals surface area contributed by atoms with E-state index in [1.807, 2.05) is 0 Å². The molecule has 1 saturated heterocycles. The van der Waals surface area contributed by atoms with Crippen LogP contribution in [0, 0.1) is 0 Å². The van der Waals surface area contributed by atoms with Crippen LogP contribution in [0.15, 0.2) is 23.1 Å². The summed E-state index contributed by atoms with van der Waals surface area (Å²) < 4.78 is 50.1. The van der Waals surface area contributed by atoms with Crippen LogP contribution in [0.25, 0.3) is 0 Å². The van der Waals surface area contributed by atoms with Crippen molar-refractivity contribution >= 4 is 43.3 Å². The minimum Gasteiger partial charge on any atom is -0.452 e. The second-order valence-electron chi connectivity index (χ2n) is 5.43. The first kappa shape index (κ1) is 19.6. The van der Waals surface area contributed by atoms with Crippen molar-refractivity contribution in [1.82, 2.24) is 5.32 Å². The van der Waals surface area contributed by atoms with Gasteiger partial charge in [0.05, 0.1) is 22.1 Å². The molecule has 138 valence electrons. The van der Waals surface area contributed by atoms with Gasteiger partial charge in [-0.25, -0.2) is 26.8 Å². The molecule has 0 spiro atoms. The molecule has 0 saturated carbocycles. The fourth-order valence-electron chi connectivity index (χ4n) is 2.24. The Kier molecular flexibility index (Phi) is 5.72. The summed E-state index contributed by atoms with van der Waals surface area (Å²) >= 11 is 5.71. The maximum atomic E-state index is 11.9. The number of benzene rings is 1. The van der Waals surface area contributed by atoms with Crippen LogP contribution in [0.5, 0.6) is 0 Å². The van der Waals surface area contributed by atoms with Crippen LogP contribution in [-0.4, -0.2) is 52.9 Å². The predicted molar refractivity (Wildman–Crippen MR) is 88.3 cm³/mol. The second kappa shape index (κ2) is 7.28. The average molecular weight is 411 g/mol. The summed E-state index contributed by atoms with van der Waals surface area (Å²) in [6.07, 6.45) is 0.303. The van der Waals surface area contributed by atoms with E-state index < -0.39 is 49.3 Å². The van der Waals surface area contributed by atoms with Crippen LogP contribution in [0.1, 0.15) is 16.8 Å². The Hall–Kier alpha value is -1.69. The molecule has 0 unspecified atom stereocenters. The van der Waals surface area contributed by atoms with Gasteiger partial charge in [0.2, 0.25) is 10.0 Å². The molecule has 12 heteroatoms. The van der Waals surface area contributed by atoms with Gasteiger partial charge in [0, 0.05) is 6.04 Å². The summed E-state index contributed by atoms with van der Waals surface area (Å²) in [4.78, 5) is 23.2. The quantitative estimate of drug-likeness (QED) is 0.618. The minimum atomic E-state index is -4.12. The van der Waals surface area contributed by atoms with E-state index in [1.165, 1.54) is 12.1 Å². The highest BCUT2D eigenvalue weighted by Gasteiger charge is 2.29. The summed E-state index contributed by atoms with van der Waals surface area (Å²) in [6, 6.07) is 2.82. The highest BCUT2D eigenvalue weighted by molar-refractivity contribution is 7.91. The number of rotatable bonds is 5. The lowest BCUT2D eigenvalue weighted by Gasteiger charge is -2.11. The van der Waals surface area contributed by atoms with Crippen molar-refractivity contribution in [2.24, 2.45) is 5.14 Å². The van der Waals surface area contributed by atoms with E-state index in [1.54, 1.807) is 0 Å². The van der Waals surface area contributed by atoms with E-state index in [0.29, 0.717) is 6.42 Å². The maximum Gasteiger partial charge on any atom is 0.338 e. The van der Waals surface area contributed by atoms with Gasteiger partial charge in [-0.3, -0.25) is 4.79 Å². The zero-order chi connectivity index (χ0) is 18.8. The van der Waals surface area contributed by atoms with Crippen molar-refractivity contribution in [3.05, 3.63) is 28.8 Å². The summed E-state index contributed by atoms with van der Waals surface area (Å²) in [5, 5.41) is 7.28. The molecule has 1 aliphatic rings. The van der Waals surface area contributed by atoms with Crippen molar-refractivity contribution in [2.75, 3.05) is 18.1 Å². The lowest BCUT2D eigenvalue weighted by atomic mass is 10.2. The average Bonchev–Trinajstić information content (AvgIpc) is 2.83. The number of carbonyl (C=O) groups excluding carboxylic acids is 2. The third-order valence-corrected chi connectivity index (χ3v) is 6.57. The fraction of sp³-hybridized carbons (Fsp3) is 0.385. The Labute approximate surface area is 149 Å². The van der Waals surface area contributed by atoms with E-state index in [4.69, 9.17) is 21.5 Å². The van der Waals surface area contributed by atoms with Gasteiger partial charge in [0.25, 0.3) is 5.91 Å². The summed E-state index contributed by atoms with van der Waals surface area (Å²) in [5.74, 6) is -1.76. The van der Waals surface area contributed by atoms with Crippen LogP contribution in [0.3, 0.4) is 0 Å². The minimum absolute atomic E-state index is 0.00114. The zero-order valence-corrected chi connectivity index (χ0v) is 15.2. The molecule has 1 aliphatic heterocycles. The van der Waals surface area contributed by atoms with Gasteiger partial charge in [-0.2, -0.15) is 0 Å². The van der Waals surface area contributed by atoms with Crippen LogP contribution < -0.4 is 10.5 Å². The maximum absolute atomic E-state index is 11.9. The summed E-state index contributed by atoms with van der Waals surface area (Å²) in [5.41, 5.74) is -0.148. The van der Waals surface area contributed by atoms with E-state index in [9.17, 15) is 26.4 Å². The first-order valence-electron chi connectivity index (χ1n) is 6.97. The van der Waals surface area contributed by atoms with Gasteiger partial charge in [-0.1, -0.05) is 11.6 Å². The van der Waals surface area contributed by atoms with Crippen LogP contribution >= 0.6 is 11.6 Å². The highest BCUT2D eigenvalue weighted by Crippen LogP contribution is 2.21. The number of hydrogen-bond donors (Lipinski definition) is 2. The van der Waals surface area contributed by atoms with Crippen molar-refractivity contribution in [3.63, 3.8) is 0 Å². The number of sulfonamides is 1. The van der Waals surface area contributed by atoms with Crippen LogP contribution in [0.2, 0.25) is 5.02 Å². The van der Waals surface area contributed by atoms with Gasteiger partial charge in [-0.05, 0) is 24.6 Å². The molecule has 3 N–H and O–H groups in total. The number of ether oxygens (including phenoxy) is 1. The van der Waals surface area contributed by atoms with Crippen molar-refractivity contribution in [1.29, 1.82) is 0 Å². The van der Waals surface area contributed by atoms with Crippen LogP contribution in [0.4, 0.5) is 0 Å². The van der Waals surface area contributed by atoms with Crippen LogP contribution in [-0.2, 0) is 29.4 Å². The van der Waals surface area contributed by atoms with Gasteiger partial charge in [0.15, 0.2) is 16.4 Å². The number of halogens is 1. The lowest BCUT2D eigenvalue weighted by molar-refractivity contribution is -0.124. The van der Waals surface area contributed by atoms with Gasteiger partial charge in [-0.15, -0.1) is 0 Å². The fourth-order valence-corrected chi connectivity index (χ4v) is 4.99. The van der Waals surface area contributed by atoms with Crippen molar-refractivity contribution in [2.45, 2.75) is 17.4 Å².